The Morgan fingerprint density at radius 2 is 2.26 bits per heavy atom. The van der Waals surface area contributed by atoms with Crippen molar-refractivity contribution in [2.45, 2.75) is 32.9 Å². The lowest BCUT2D eigenvalue weighted by atomic mass is 10.0. The number of nitrogens with zero attached hydrogens (tertiary/aromatic N) is 1. The Morgan fingerprint density at radius 3 is 2.84 bits per heavy atom. The minimum Gasteiger partial charge on any atom is -0.409 e. The van der Waals surface area contributed by atoms with Crippen molar-refractivity contribution in [3.05, 3.63) is 34.9 Å². The second kappa shape index (κ2) is 8.07. The maximum absolute atomic E-state index is 8.66. The number of hydrogen-bond donors (Lipinski definition) is 3. The highest BCUT2D eigenvalue weighted by atomic mass is 32.2. The van der Waals surface area contributed by atoms with Crippen molar-refractivity contribution in [2.24, 2.45) is 10.9 Å². The highest BCUT2D eigenvalue weighted by Gasteiger charge is 2.05. The van der Waals surface area contributed by atoms with Crippen LogP contribution in [0.5, 0.6) is 0 Å². The molecule has 0 fully saturated rings. The van der Waals surface area contributed by atoms with E-state index in [4.69, 9.17) is 10.9 Å². The van der Waals surface area contributed by atoms with Crippen molar-refractivity contribution >= 4 is 17.6 Å². The van der Waals surface area contributed by atoms with E-state index in [1.54, 1.807) is 0 Å². The second-order valence-electron chi connectivity index (χ2n) is 4.69. The minimum atomic E-state index is 0.149. The number of aryl methyl sites for hydroxylation is 1. The van der Waals surface area contributed by atoms with Gasteiger partial charge in [-0.3, -0.25) is 0 Å². The molecular weight excluding hydrogens is 258 g/mol. The summed E-state index contributed by atoms with van der Waals surface area (Å²) in [7, 11) is 0. The first-order valence-corrected chi connectivity index (χ1v) is 7.77. The molecule has 1 aromatic rings. The molecule has 0 aromatic heterocycles. The van der Waals surface area contributed by atoms with Gasteiger partial charge in [0.2, 0.25) is 0 Å². The van der Waals surface area contributed by atoms with E-state index in [0.29, 0.717) is 6.04 Å². The fourth-order valence-corrected chi connectivity index (χ4v) is 2.38. The molecule has 5 heteroatoms. The molecule has 0 spiro atoms. The van der Waals surface area contributed by atoms with Gasteiger partial charge in [-0.05, 0) is 49.5 Å². The Morgan fingerprint density at radius 1 is 1.53 bits per heavy atom. The second-order valence-corrected chi connectivity index (χ2v) is 5.68. The number of amidine groups is 1. The summed E-state index contributed by atoms with van der Waals surface area (Å²) in [4.78, 5) is 0. The molecule has 0 aliphatic carbocycles. The van der Waals surface area contributed by atoms with Crippen LogP contribution in [0.1, 0.15) is 30.0 Å². The molecule has 4 N–H and O–H groups in total. The summed E-state index contributed by atoms with van der Waals surface area (Å²) < 4.78 is 0. The van der Waals surface area contributed by atoms with Gasteiger partial charge in [0.1, 0.15) is 0 Å². The van der Waals surface area contributed by atoms with E-state index in [2.05, 4.69) is 23.7 Å². The number of thioether (sulfide) groups is 1. The van der Waals surface area contributed by atoms with Gasteiger partial charge in [-0.25, -0.2) is 0 Å². The van der Waals surface area contributed by atoms with E-state index in [1.165, 1.54) is 17.7 Å². The summed E-state index contributed by atoms with van der Waals surface area (Å²) in [5.74, 6) is 1.33. The SMILES string of the molecule is CSCCC(C)NCc1ccc(/C(N)=N/O)cc1C. The van der Waals surface area contributed by atoms with Gasteiger partial charge in [0.25, 0.3) is 0 Å². The molecule has 0 amide bonds. The van der Waals surface area contributed by atoms with Crippen molar-refractivity contribution in [2.75, 3.05) is 12.0 Å². The lowest BCUT2D eigenvalue weighted by Gasteiger charge is -2.15. The summed E-state index contributed by atoms with van der Waals surface area (Å²) in [5.41, 5.74) is 8.71. The van der Waals surface area contributed by atoms with Crippen LogP contribution in [0.4, 0.5) is 0 Å². The fourth-order valence-electron chi connectivity index (χ4n) is 1.79. The standard InChI is InChI=1S/C14H23N3OS/c1-10-8-12(14(15)17-18)4-5-13(10)9-16-11(2)6-7-19-3/h4-5,8,11,16,18H,6-7,9H2,1-3H3,(H2,15,17). The topological polar surface area (TPSA) is 70.6 Å². The Bertz CT molecular complexity index is 435. The first-order chi connectivity index (χ1) is 9.08. The smallest absolute Gasteiger partial charge is 0.170 e. The Kier molecular flexibility index (Phi) is 6.73. The molecule has 0 bridgehead atoms. The third-order valence-electron chi connectivity index (χ3n) is 3.14. The van der Waals surface area contributed by atoms with Crippen LogP contribution in [-0.2, 0) is 6.54 Å². The fraction of sp³-hybridized carbons (Fsp3) is 0.500. The Balaban J connectivity index is 2.60. The maximum Gasteiger partial charge on any atom is 0.170 e. The van der Waals surface area contributed by atoms with Crippen LogP contribution in [0.15, 0.2) is 23.4 Å². The van der Waals surface area contributed by atoms with Gasteiger partial charge < -0.3 is 16.3 Å². The first-order valence-electron chi connectivity index (χ1n) is 6.38. The van der Waals surface area contributed by atoms with Gasteiger partial charge in [0.05, 0.1) is 0 Å². The molecule has 1 unspecified atom stereocenters. The van der Waals surface area contributed by atoms with Crippen LogP contribution in [0.3, 0.4) is 0 Å². The Hall–Kier alpha value is -1.20. The molecule has 106 valence electrons. The molecular formula is C14H23N3OS. The predicted molar refractivity (Wildman–Crippen MR) is 83.0 cm³/mol. The van der Waals surface area contributed by atoms with Crippen molar-refractivity contribution < 1.29 is 5.21 Å². The highest BCUT2D eigenvalue weighted by molar-refractivity contribution is 7.98. The number of hydrogen-bond acceptors (Lipinski definition) is 4. The van der Waals surface area contributed by atoms with Crippen LogP contribution < -0.4 is 11.1 Å². The molecule has 1 rings (SSSR count). The number of nitrogens with two attached hydrogens (primary N) is 1. The van der Waals surface area contributed by atoms with E-state index in [1.807, 2.05) is 36.9 Å². The number of benzene rings is 1. The van der Waals surface area contributed by atoms with Crippen molar-refractivity contribution in [3.8, 4) is 0 Å². The third kappa shape index (κ3) is 5.12. The van der Waals surface area contributed by atoms with Crippen LogP contribution in [0.25, 0.3) is 0 Å². The lowest BCUT2D eigenvalue weighted by Crippen LogP contribution is -2.26. The molecule has 1 atom stereocenters. The van der Waals surface area contributed by atoms with Gasteiger partial charge in [-0.1, -0.05) is 17.3 Å². The molecule has 0 radical (unpaired) electrons. The zero-order valence-corrected chi connectivity index (χ0v) is 12.6. The summed E-state index contributed by atoms with van der Waals surface area (Å²) in [6, 6.07) is 6.36. The monoisotopic (exact) mass is 281 g/mol. The average Bonchev–Trinajstić information content (AvgIpc) is 2.42. The van der Waals surface area contributed by atoms with E-state index >= 15 is 0 Å². The van der Waals surface area contributed by atoms with E-state index in [0.717, 1.165) is 17.7 Å². The van der Waals surface area contributed by atoms with Gasteiger partial charge in [-0.15, -0.1) is 0 Å². The average molecular weight is 281 g/mol. The molecule has 0 heterocycles. The van der Waals surface area contributed by atoms with E-state index in [-0.39, 0.29) is 5.84 Å². The lowest BCUT2D eigenvalue weighted by molar-refractivity contribution is 0.318. The number of nitrogens with one attached hydrogen (secondary N) is 1. The predicted octanol–water partition coefficient (Wildman–Crippen LogP) is 2.32. The van der Waals surface area contributed by atoms with Crippen LogP contribution >= 0.6 is 11.8 Å². The molecule has 1 aromatic carbocycles. The number of oxime groups is 1. The van der Waals surface area contributed by atoms with Crippen molar-refractivity contribution in [3.63, 3.8) is 0 Å². The third-order valence-corrected chi connectivity index (χ3v) is 3.79. The van der Waals surface area contributed by atoms with E-state index < -0.39 is 0 Å². The molecule has 4 nitrogen and oxygen atoms in total. The van der Waals surface area contributed by atoms with Crippen LogP contribution in [0, 0.1) is 6.92 Å². The minimum absolute atomic E-state index is 0.149. The molecule has 19 heavy (non-hydrogen) atoms. The van der Waals surface area contributed by atoms with Gasteiger partial charge in [-0.2, -0.15) is 11.8 Å². The van der Waals surface area contributed by atoms with Crippen molar-refractivity contribution in [1.29, 1.82) is 0 Å². The van der Waals surface area contributed by atoms with Crippen LogP contribution in [-0.4, -0.2) is 29.1 Å². The first kappa shape index (κ1) is 15.9. The van der Waals surface area contributed by atoms with Crippen molar-refractivity contribution in [1.82, 2.24) is 5.32 Å². The van der Waals surface area contributed by atoms with Gasteiger partial charge >= 0.3 is 0 Å². The highest BCUT2D eigenvalue weighted by Crippen LogP contribution is 2.12. The summed E-state index contributed by atoms with van der Waals surface area (Å²) in [5, 5.41) is 15.2. The summed E-state index contributed by atoms with van der Waals surface area (Å²) in [6.07, 6.45) is 3.30. The van der Waals surface area contributed by atoms with Crippen LogP contribution in [0.2, 0.25) is 0 Å². The summed E-state index contributed by atoms with van der Waals surface area (Å²) >= 11 is 1.87. The molecule has 0 saturated carbocycles. The maximum atomic E-state index is 8.66. The molecule has 0 saturated heterocycles. The quantitative estimate of drug-likeness (QED) is 0.310. The zero-order chi connectivity index (χ0) is 14.3. The van der Waals surface area contributed by atoms with Gasteiger partial charge in [0, 0.05) is 18.2 Å². The van der Waals surface area contributed by atoms with Gasteiger partial charge in [0.15, 0.2) is 5.84 Å². The summed E-state index contributed by atoms with van der Waals surface area (Å²) in [6.45, 7) is 5.09. The zero-order valence-electron chi connectivity index (χ0n) is 11.8. The Labute approximate surface area is 119 Å². The normalized spacial score (nSPS) is 13.5. The molecule has 0 aliphatic rings. The molecule has 0 aliphatic heterocycles. The van der Waals surface area contributed by atoms with E-state index in [9.17, 15) is 0 Å². The largest absolute Gasteiger partial charge is 0.409 e. The number of rotatable bonds is 7.